The molecule has 0 aromatic heterocycles. The highest BCUT2D eigenvalue weighted by molar-refractivity contribution is 6.30. The van der Waals surface area contributed by atoms with Crippen molar-refractivity contribution in [3.63, 3.8) is 0 Å². The standard InChI is InChI=1S/C17H18ClNO3/c1-13-11-14(18)7-8-16(13)21-10-9-19-17(20)12-22-15-5-3-2-4-6-15/h2-8,11H,9-10,12H2,1H3,(H,19,20). The minimum Gasteiger partial charge on any atom is -0.491 e. The van der Waals surface area contributed by atoms with E-state index in [1.807, 2.05) is 37.3 Å². The lowest BCUT2D eigenvalue weighted by molar-refractivity contribution is -0.123. The predicted octanol–water partition coefficient (Wildman–Crippen LogP) is 3.22. The first-order valence-electron chi connectivity index (χ1n) is 6.98. The average molecular weight is 320 g/mol. The number of carbonyl (C=O) groups is 1. The van der Waals surface area contributed by atoms with Gasteiger partial charge in [-0.25, -0.2) is 0 Å². The lowest BCUT2D eigenvalue weighted by atomic mass is 10.2. The maximum absolute atomic E-state index is 11.6. The Kier molecular flexibility index (Phi) is 6.10. The van der Waals surface area contributed by atoms with Gasteiger partial charge in [-0.15, -0.1) is 0 Å². The van der Waals surface area contributed by atoms with E-state index in [-0.39, 0.29) is 12.5 Å². The van der Waals surface area contributed by atoms with E-state index >= 15 is 0 Å². The Labute approximate surface area is 135 Å². The normalized spacial score (nSPS) is 10.1. The van der Waals surface area contributed by atoms with Crippen molar-refractivity contribution in [1.82, 2.24) is 5.32 Å². The highest BCUT2D eigenvalue weighted by atomic mass is 35.5. The molecule has 0 saturated heterocycles. The second-order valence-corrected chi connectivity index (χ2v) is 5.15. The van der Waals surface area contributed by atoms with Crippen LogP contribution in [0.1, 0.15) is 5.56 Å². The van der Waals surface area contributed by atoms with E-state index in [2.05, 4.69) is 5.32 Å². The van der Waals surface area contributed by atoms with Crippen LogP contribution >= 0.6 is 11.6 Å². The number of rotatable bonds is 7. The van der Waals surface area contributed by atoms with Gasteiger partial charge in [-0.1, -0.05) is 29.8 Å². The van der Waals surface area contributed by atoms with Gasteiger partial charge in [0, 0.05) is 5.02 Å². The molecule has 0 aliphatic rings. The van der Waals surface area contributed by atoms with Crippen LogP contribution in [0.5, 0.6) is 11.5 Å². The Hall–Kier alpha value is -2.20. The van der Waals surface area contributed by atoms with Gasteiger partial charge in [0.15, 0.2) is 6.61 Å². The van der Waals surface area contributed by atoms with E-state index in [0.29, 0.717) is 23.9 Å². The van der Waals surface area contributed by atoms with Gasteiger partial charge in [-0.3, -0.25) is 4.79 Å². The number of benzene rings is 2. The Balaban J connectivity index is 1.65. The van der Waals surface area contributed by atoms with E-state index in [9.17, 15) is 4.79 Å². The van der Waals surface area contributed by atoms with E-state index in [1.54, 1.807) is 18.2 Å². The van der Waals surface area contributed by atoms with Gasteiger partial charge in [0.1, 0.15) is 18.1 Å². The zero-order valence-corrected chi connectivity index (χ0v) is 13.1. The summed E-state index contributed by atoms with van der Waals surface area (Å²) in [5.41, 5.74) is 0.964. The van der Waals surface area contributed by atoms with Crippen LogP contribution in [0.4, 0.5) is 0 Å². The van der Waals surface area contributed by atoms with Crippen molar-refractivity contribution in [1.29, 1.82) is 0 Å². The first-order chi connectivity index (χ1) is 10.6. The SMILES string of the molecule is Cc1cc(Cl)ccc1OCCNC(=O)COc1ccccc1. The highest BCUT2D eigenvalue weighted by Gasteiger charge is 2.03. The van der Waals surface area contributed by atoms with Crippen LogP contribution in [0.25, 0.3) is 0 Å². The molecule has 0 fully saturated rings. The molecular formula is C17H18ClNO3. The summed E-state index contributed by atoms with van der Waals surface area (Å²) in [4.78, 5) is 11.6. The van der Waals surface area contributed by atoms with Crippen LogP contribution in [-0.2, 0) is 4.79 Å². The molecule has 116 valence electrons. The van der Waals surface area contributed by atoms with Crippen molar-refractivity contribution < 1.29 is 14.3 Å². The van der Waals surface area contributed by atoms with Crippen LogP contribution in [0.2, 0.25) is 5.02 Å². The van der Waals surface area contributed by atoms with Crippen molar-refractivity contribution in [2.45, 2.75) is 6.92 Å². The molecule has 0 aliphatic carbocycles. The molecule has 4 nitrogen and oxygen atoms in total. The lowest BCUT2D eigenvalue weighted by Crippen LogP contribution is -2.32. The molecule has 0 aliphatic heterocycles. The van der Waals surface area contributed by atoms with Gasteiger partial charge in [-0.05, 0) is 42.8 Å². The van der Waals surface area contributed by atoms with Crippen LogP contribution in [-0.4, -0.2) is 25.7 Å². The Morgan fingerprint density at radius 3 is 2.64 bits per heavy atom. The minimum atomic E-state index is -0.180. The third kappa shape index (κ3) is 5.30. The van der Waals surface area contributed by atoms with E-state index < -0.39 is 0 Å². The van der Waals surface area contributed by atoms with Crippen LogP contribution < -0.4 is 14.8 Å². The predicted molar refractivity (Wildman–Crippen MR) is 86.6 cm³/mol. The quantitative estimate of drug-likeness (QED) is 0.797. The van der Waals surface area contributed by atoms with Crippen molar-refractivity contribution in [2.24, 2.45) is 0 Å². The third-order valence-electron chi connectivity index (χ3n) is 2.93. The van der Waals surface area contributed by atoms with Gasteiger partial charge in [0.05, 0.1) is 6.54 Å². The van der Waals surface area contributed by atoms with Crippen LogP contribution in [0.3, 0.4) is 0 Å². The summed E-state index contributed by atoms with van der Waals surface area (Å²) in [6.07, 6.45) is 0. The number of ether oxygens (including phenoxy) is 2. The fourth-order valence-electron chi connectivity index (χ4n) is 1.84. The van der Waals surface area contributed by atoms with E-state index in [4.69, 9.17) is 21.1 Å². The zero-order chi connectivity index (χ0) is 15.8. The van der Waals surface area contributed by atoms with Gasteiger partial charge >= 0.3 is 0 Å². The molecule has 0 saturated carbocycles. The smallest absolute Gasteiger partial charge is 0.258 e. The molecule has 0 heterocycles. The fraction of sp³-hybridized carbons (Fsp3) is 0.235. The molecule has 0 atom stereocenters. The average Bonchev–Trinajstić information content (AvgIpc) is 2.52. The molecule has 2 aromatic carbocycles. The molecular weight excluding hydrogens is 302 g/mol. The minimum absolute atomic E-state index is 0.00993. The summed E-state index contributed by atoms with van der Waals surface area (Å²) < 4.78 is 10.9. The number of hydrogen-bond acceptors (Lipinski definition) is 3. The number of aryl methyl sites for hydroxylation is 1. The Bertz CT molecular complexity index is 617. The molecule has 2 aromatic rings. The van der Waals surface area contributed by atoms with Crippen molar-refractivity contribution in [3.05, 3.63) is 59.1 Å². The summed E-state index contributed by atoms with van der Waals surface area (Å²) in [7, 11) is 0. The second-order valence-electron chi connectivity index (χ2n) is 4.71. The molecule has 1 N–H and O–H groups in total. The highest BCUT2D eigenvalue weighted by Crippen LogP contribution is 2.21. The first kappa shape index (κ1) is 16.2. The molecule has 22 heavy (non-hydrogen) atoms. The van der Waals surface area contributed by atoms with Gasteiger partial charge in [0.25, 0.3) is 5.91 Å². The molecule has 1 amide bonds. The Morgan fingerprint density at radius 1 is 1.14 bits per heavy atom. The maximum Gasteiger partial charge on any atom is 0.258 e. The van der Waals surface area contributed by atoms with E-state index in [0.717, 1.165) is 11.3 Å². The maximum atomic E-state index is 11.6. The zero-order valence-electron chi connectivity index (χ0n) is 12.3. The molecule has 5 heteroatoms. The third-order valence-corrected chi connectivity index (χ3v) is 3.17. The lowest BCUT2D eigenvalue weighted by Gasteiger charge is -2.10. The van der Waals surface area contributed by atoms with Crippen molar-refractivity contribution >= 4 is 17.5 Å². The summed E-state index contributed by atoms with van der Waals surface area (Å²) in [6, 6.07) is 14.6. The summed E-state index contributed by atoms with van der Waals surface area (Å²) >= 11 is 5.88. The molecule has 0 bridgehead atoms. The van der Waals surface area contributed by atoms with Crippen molar-refractivity contribution in [2.75, 3.05) is 19.8 Å². The number of nitrogens with one attached hydrogen (secondary N) is 1. The topological polar surface area (TPSA) is 47.6 Å². The first-order valence-corrected chi connectivity index (χ1v) is 7.36. The molecule has 0 unspecified atom stereocenters. The van der Waals surface area contributed by atoms with Crippen molar-refractivity contribution in [3.8, 4) is 11.5 Å². The summed E-state index contributed by atoms with van der Waals surface area (Å²) in [5.74, 6) is 1.25. The molecule has 2 rings (SSSR count). The van der Waals surface area contributed by atoms with Gasteiger partial charge < -0.3 is 14.8 Å². The molecule has 0 spiro atoms. The summed E-state index contributed by atoms with van der Waals surface area (Å²) in [5, 5.41) is 3.42. The molecule has 0 radical (unpaired) electrons. The number of para-hydroxylation sites is 1. The van der Waals surface area contributed by atoms with Gasteiger partial charge in [0.2, 0.25) is 0 Å². The Morgan fingerprint density at radius 2 is 1.91 bits per heavy atom. The van der Waals surface area contributed by atoms with Crippen LogP contribution in [0.15, 0.2) is 48.5 Å². The number of hydrogen-bond donors (Lipinski definition) is 1. The summed E-state index contributed by atoms with van der Waals surface area (Å²) in [6.45, 7) is 2.72. The van der Waals surface area contributed by atoms with Gasteiger partial charge in [-0.2, -0.15) is 0 Å². The largest absolute Gasteiger partial charge is 0.491 e. The number of amides is 1. The monoisotopic (exact) mass is 319 g/mol. The number of carbonyl (C=O) groups excluding carboxylic acids is 1. The van der Waals surface area contributed by atoms with Crippen LogP contribution in [0, 0.1) is 6.92 Å². The second kappa shape index (κ2) is 8.29. The number of halogens is 1. The van der Waals surface area contributed by atoms with E-state index in [1.165, 1.54) is 0 Å². The fourth-order valence-corrected chi connectivity index (χ4v) is 2.07.